The molecule has 100 valence electrons. The zero-order valence-electron chi connectivity index (χ0n) is 11.7. The largest absolute Gasteiger partial charge is 0.317 e. The fourth-order valence-corrected chi connectivity index (χ4v) is 3.28. The molecule has 0 aromatic heterocycles. The van der Waals surface area contributed by atoms with E-state index in [9.17, 15) is 4.39 Å². The molecule has 18 heavy (non-hydrogen) atoms. The number of benzene rings is 1. The van der Waals surface area contributed by atoms with Gasteiger partial charge in [-0.25, -0.2) is 4.39 Å². The Bertz CT molecular complexity index is 402. The van der Waals surface area contributed by atoms with Crippen molar-refractivity contribution in [3.8, 4) is 0 Å². The Morgan fingerprint density at radius 1 is 1.33 bits per heavy atom. The third kappa shape index (κ3) is 3.11. The normalized spacial score (nSPS) is 28.3. The van der Waals surface area contributed by atoms with Crippen molar-refractivity contribution in [3.05, 3.63) is 35.1 Å². The van der Waals surface area contributed by atoms with Crippen LogP contribution in [-0.2, 0) is 6.42 Å². The number of hydrogen-bond donors (Lipinski definition) is 1. The lowest BCUT2D eigenvalue weighted by Crippen LogP contribution is -2.39. The van der Waals surface area contributed by atoms with E-state index in [1.54, 1.807) is 12.1 Å². The van der Waals surface area contributed by atoms with Gasteiger partial charge in [-0.3, -0.25) is 0 Å². The van der Waals surface area contributed by atoms with Gasteiger partial charge in [0.25, 0.3) is 0 Å². The molecule has 0 radical (unpaired) electrons. The Morgan fingerprint density at radius 3 is 2.78 bits per heavy atom. The topological polar surface area (TPSA) is 12.0 Å². The summed E-state index contributed by atoms with van der Waals surface area (Å²) in [6.07, 6.45) is 4.94. The van der Waals surface area contributed by atoms with Crippen LogP contribution in [0.25, 0.3) is 0 Å². The molecule has 0 bridgehead atoms. The lowest BCUT2D eigenvalue weighted by atomic mass is 9.75. The summed E-state index contributed by atoms with van der Waals surface area (Å²) in [7, 11) is 2.06. The standard InChI is InChI=1S/C16H24FN/c1-11-4-7-16(18-3)14(8-11)10-13-5-6-15(17)9-12(13)2/h5-6,9,11,14,16,18H,4,7-8,10H2,1-3H3. The molecule has 3 unspecified atom stereocenters. The highest BCUT2D eigenvalue weighted by atomic mass is 19.1. The summed E-state index contributed by atoms with van der Waals surface area (Å²) in [5, 5.41) is 3.45. The summed E-state index contributed by atoms with van der Waals surface area (Å²) in [5.41, 5.74) is 2.39. The Balaban J connectivity index is 2.10. The average molecular weight is 249 g/mol. The van der Waals surface area contributed by atoms with E-state index in [2.05, 4.69) is 19.3 Å². The van der Waals surface area contributed by atoms with Crippen LogP contribution in [0.2, 0.25) is 0 Å². The molecular weight excluding hydrogens is 225 g/mol. The molecule has 0 spiro atoms. The second kappa shape index (κ2) is 5.83. The van der Waals surface area contributed by atoms with Crippen LogP contribution < -0.4 is 5.32 Å². The van der Waals surface area contributed by atoms with E-state index < -0.39 is 0 Å². The van der Waals surface area contributed by atoms with Gasteiger partial charge < -0.3 is 5.32 Å². The molecule has 1 aromatic carbocycles. The van der Waals surface area contributed by atoms with E-state index in [0.29, 0.717) is 12.0 Å². The third-order valence-electron chi connectivity index (χ3n) is 4.40. The van der Waals surface area contributed by atoms with Crippen molar-refractivity contribution in [1.82, 2.24) is 5.32 Å². The molecule has 0 heterocycles. The average Bonchev–Trinajstić information content (AvgIpc) is 2.33. The Kier molecular flexibility index (Phi) is 4.39. The fourth-order valence-electron chi connectivity index (χ4n) is 3.28. The SMILES string of the molecule is CNC1CCC(C)CC1Cc1ccc(F)cc1C. The van der Waals surface area contributed by atoms with E-state index >= 15 is 0 Å². The maximum Gasteiger partial charge on any atom is 0.123 e. The van der Waals surface area contributed by atoms with Gasteiger partial charge in [0.05, 0.1) is 0 Å². The minimum atomic E-state index is -0.126. The van der Waals surface area contributed by atoms with Gasteiger partial charge in [-0.05, 0) is 74.8 Å². The summed E-state index contributed by atoms with van der Waals surface area (Å²) in [6, 6.07) is 5.81. The summed E-state index contributed by atoms with van der Waals surface area (Å²) >= 11 is 0. The van der Waals surface area contributed by atoms with Crippen LogP contribution in [-0.4, -0.2) is 13.1 Å². The molecule has 0 aliphatic heterocycles. The van der Waals surface area contributed by atoms with Gasteiger partial charge in [0.15, 0.2) is 0 Å². The van der Waals surface area contributed by atoms with Gasteiger partial charge >= 0.3 is 0 Å². The molecule has 2 rings (SSSR count). The van der Waals surface area contributed by atoms with E-state index in [0.717, 1.165) is 17.9 Å². The first-order chi connectivity index (χ1) is 8.60. The zero-order valence-corrected chi connectivity index (χ0v) is 11.7. The molecular formula is C16H24FN. The lowest BCUT2D eigenvalue weighted by molar-refractivity contribution is 0.220. The van der Waals surface area contributed by atoms with Crippen LogP contribution in [0.15, 0.2) is 18.2 Å². The zero-order chi connectivity index (χ0) is 13.1. The van der Waals surface area contributed by atoms with Crippen molar-refractivity contribution >= 4 is 0 Å². The first-order valence-corrected chi connectivity index (χ1v) is 7.02. The van der Waals surface area contributed by atoms with Crippen molar-refractivity contribution in [3.63, 3.8) is 0 Å². The molecule has 0 saturated heterocycles. The van der Waals surface area contributed by atoms with Crippen LogP contribution in [0, 0.1) is 24.6 Å². The van der Waals surface area contributed by atoms with E-state index in [1.807, 2.05) is 13.0 Å². The minimum Gasteiger partial charge on any atom is -0.317 e. The van der Waals surface area contributed by atoms with Gasteiger partial charge in [0, 0.05) is 6.04 Å². The predicted molar refractivity (Wildman–Crippen MR) is 74.2 cm³/mol. The Labute approximate surface area is 110 Å². The number of rotatable bonds is 3. The van der Waals surface area contributed by atoms with Gasteiger partial charge in [0.2, 0.25) is 0 Å². The predicted octanol–water partition coefficient (Wildman–Crippen LogP) is 3.70. The van der Waals surface area contributed by atoms with Crippen LogP contribution in [0.4, 0.5) is 4.39 Å². The number of hydrogen-bond acceptors (Lipinski definition) is 1. The van der Waals surface area contributed by atoms with E-state index in [-0.39, 0.29) is 5.82 Å². The molecule has 1 aromatic rings. The minimum absolute atomic E-state index is 0.126. The highest BCUT2D eigenvalue weighted by Gasteiger charge is 2.27. The van der Waals surface area contributed by atoms with Crippen LogP contribution in [0.3, 0.4) is 0 Å². The quantitative estimate of drug-likeness (QED) is 0.861. The monoisotopic (exact) mass is 249 g/mol. The lowest BCUT2D eigenvalue weighted by Gasteiger charge is -2.35. The van der Waals surface area contributed by atoms with Crippen LogP contribution in [0.1, 0.15) is 37.3 Å². The fraction of sp³-hybridized carbons (Fsp3) is 0.625. The Morgan fingerprint density at radius 2 is 2.11 bits per heavy atom. The molecule has 1 N–H and O–H groups in total. The number of aryl methyl sites for hydroxylation is 1. The summed E-state index contributed by atoms with van der Waals surface area (Å²) in [4.78, 5) is 0. The second-order valence-corrected chi connectivity index (χ2v) is 5.85. The van der Waals surface area contributed by atoms with Crippen molar-refractivity contribution in [2.75, 3.05) is 7.05 Å². The van der Waals surface area contributed by atoms with Gasteiger partial charge in [-0.15, -0.1) is 0 Å². The van der Waals surface area contributed by atoms with Crippen LogP contribution in [0.5, 0.6) is 0 Å². The number of halogens is 1. The summed E-state index contributed by atoms with van der Waals surface area (Å²) in [5.74, 6) is 1.38. The maximum atomic E-state index is 13.1. The first kappa shape index (κ1) is 13.5. The molecule has 2 heteroatoms. The molecule has 1 nitrogen and oxygen atoms in total. The Hall–Kier alpha value is -0.890. The summed E-state index contributed by atoms with van der Waals surface area (Å²) < 4.78 is 13.1. The summed E-state index contributed by atoms with van der Waals surface area (Å²) in [6.45, 7) is 4.36. The smallest absolute Gasteiger partial charge is 0.123 e. The molecule has 1 aliphatic rings. The van der Waals surface area contributed by atoms with E-state index in [1.165, 1.54) is 24.8 Å². The number of nitrogens with one attached hydrogen (secondary N) is 1. The van der Waals surface area contributed by atoms with Crippen molar-refractivity contribution < 1.29 is 4.39 Å². The third-order valence-corrected chi connectivity index (χ3v) is 4.40. The highest BCUT2D eigenvalue weighted by molar-refractivity contribution is 5.27. The van der Waals surface area contributed by atoms with Gasteiger partial charge in [-0.1, -0.05) is 13.0 Å². The highest BCUT2D eigenvalue weighted by Crippen LogP contribution is 2.32. The van der Waals surface area contributed by atoms with Crippen molar-refractivity contribution in [1.29, 1.82) is 0 Å². The van der Waals surface area contributed by atoms with Gasteiger partial charge in [0.1, 0.15) is 5.82 Å². The molecule has 3 atom stereocenters. The van der Waals surface area contributed by atoms with Gasteiger partial charge in [-0.2, -0.15) is 0 Å². The van der Waals surface area contributed by atoms with Crippen molar-refractivity contribution in [2.45, 2.75) is 45.6 Å². The molecule has 1 saturated carbocycles. The van der Waals surface area contributed by atoms with E-state index in [4.69, 9.17) is 0 Å². The molecule has 1 fully saturated rings. The second-order valence-electron chi connectivity index (χ2n) is 5.85. The maximum absolute atomic E-state index is 13.1. The van der Waals surface area contributed by atoms with Crippen molar-refractivity contribution in [2.24, 2.45) is 11.8 Å². The first-order valence-electron chi connectivity index (χ1n) is 7.02. The van der Waals surface area contributed by atoms with Crippen LogP contribution >= 0.6 is 0 Å². The molecule has 1 aliphatic carbocycles. The molecule has 0 amide bonds.